The Morgan fingerprint density at radius 3 is 2.52 bits per heavy atom. The van der Waals surface area contributed by atoms with E-state index in [0.29, 0.717) is 6.04 Å². The molecule has 0 unspecified atom stereocenters. The maximum atomic E-state index is 5.41. The minimum atomic E-state index is 0.537. The zero-order chi connectivity index (χ0) is 16.1. The molecule has 0 aliphatic carbocycles. The van der Waals surface area contributed by atoms with Crippen LogP contribution >= 0.6 is 11.3 Å². The molecule has 0 radical (unpaired) electrons. The summed E-state index contributed by atoms with van der Waals surface area (Å²) in [5.74, 6) is 1.73. The first kappa shape index (κ1) is 16.3. The summed E-state index contributed by atoms with van der Waals surface area (Å²) in [5.41, 5.74) is 1.25. The van der Waals surface area contributed by atoms with Crippen molar-refractivity contribution in [2.75, 3.05) is 20.8 Å². The minimum Gasteiger partial charge on any atom is -0.497 e. The molecule has 1 aliphatic heterocycles. The van der Waals surface area contributed by atoms with Crippen molar-refractivity contribution in [3.05, 3.63) is 46.2 Å². The third-order valence-corrected chi connectivity index (χ3v) is 5.51. The van der Waals surface area contributed by atoms with Gasteiger partial charge in [-0.3, -0.25) is 4.90 Å². The molecule has 124 valence electrons. The van der Waals surface area contributed by atoms with E-state index in [-0.39, 0.29) is 0 Å². The smallest absolute Gasteiger partial charge is 0.122 e. The molecular formula is C19H25NO2S. The van der Waals surface area contributed by atoms with Crippen LogP contribution in [0.15, 0.2) is 35.7 Å². The molecule has 3 rings (SSSR count). The molecule has 0 saturated carbocycles. The second kappa shape index (κ2) is 7.84. The third-order valence-electron chi connectivity index (χ3n) is 4.53. The van der Waals surface area contributed by atoms with Crippen molar-refractivity contribution in [2.45, 2.75) is 38.3 Å². The molecule has 23 heavy (non-hydrogen) atoms. The molecule has 0 N–H and O–H groups in total. The molecular weight excluding hydrogens is 306 g/mol. The molecule has 1 atom stereocenters. The fourth-order valence-electron chi connectivity index (χ4n) is 3.35. The van der Waals surface area contributed by atoms with E-state index in [9.17, 15) is 0 Å². The van der Waals surface area contributed by atoms with Crippen LogP contribution in [0, 0.1) is 0 Å². The largest absolute Gasteiger partial charge is 0.497 e. The lowest BCUT2D eigenvalue weighted by Gasteiger charge is -2.29. The van der Waals surface area contributed by atoms with Crippen molar-refractivity contribution in [1.29, 1.82) is 0 Å². The van der Waals surface area contributed by atoms with Gasteiger partial charge in [0.25, 0.3) is 0 Å². The predicted molar refractivity (Wildman–Crippen MR) is 95.5 cm³/mol. The Labute approximate surface area is 142 Å². The van der Waals surface area contributed by atoms with Crippen LogP contribution < -0.4 is 9.47 Å². The Morgan fingerprint density at radius 2 is 1.87 bits per heavy atom. The van der Waals surface area contributed by atoms with Crippen LogP contribution in [0.2, 0.25) is 0 Å². The van der Waals surface area contributed by atoms with Gasteiger partial charge in [-0.05, 0) is 48.5 Å². The maximum Gasteiger partial charge on any atom is 0.122 e. The third kappa shape index (κ3) is 4.06. The monoisotopic (exact) mass is 331 g/mol. The number of likely N-dealkylation sites (tertiary alicyclic amines) is 1. The van der Waals surface area contributed by atoms with E-state index in [1.165, 1.54) is 36.1 Å². The van der Waals surface area contributed by atoms with Gasteiger partial charge in [-0.25, -0.2) is 0 Å². The van der Waals surface area contributed by atoms with Crippen molar-refractivity contribution < 1.29 is 9.47 Å². The number of rotatable bonds is 5. The van der Waals surface area contributed by atoms with Gasteiger partial charge < -0.3 is 9.47 Å². The Hall–Kier alpha value is -1.52. The van der Waals surface area contributed by atoms with Gasteiger partial charge in [-0.15, -0.1) is 11.3 Å². The average Bonchev–Trinajstić information content (AvgIpc) is 3.02. The van der Waals surface area contributed by atoms with Crippen molar-refractivity contribution >= 4 is 11.3 Å². The first-order chi connectivity index (χ1) is 11.3. The number of benzene rings is 1. The van der Waals surface area contributed by atoms with E-state index in [4.69, 9.17) is 9.47 Å². The number of hydrogen-bond donors (Lipinski definition) is 0. The summed E-state index contributed by atoms with van der Waals surface area (Å²) in [6.45, 7) is 2.10. The molecule has 1 saturated heterocycles. The molecule has 1 aliphatic rings. The minimum absolute atomic E-state index is 0.537. The number of hydrogen-bond acceptors (Lipinski definition) is 4. The number of thiophene rings is 1. The Balaban J connectivity index is 1.83. The van der Waals surface area contributed by atoms with E-state index < -0.39 is 0 Å². The normalized spacial score (nSPS) is 19.3. The van der Waals surface area contributed by atoms with Crippen LogP contribution in [0.1, 0.15) is 42.2 Å². The molecule has 0 amide bonds. The topological polar surface area (TPSA) is 21.7 Å². The summed E-state index contributed by atoms with van der Waals surface area (Å²) >= 11 is 1.88. The lowest BCUT2D eigenvalue weighted by Crippen LogP contribution is -2.27. The fourth-order valence-corrected chi connectivity index (χ4v) is 4.25. The fraction of sp³-hybridized carbons (Fsp3) is 0.474. The van der Waals surface area contributed by atoms with Crippen LogP contribution in [-0.2, 0) is 6.54 Å². The summed E-state index contributed by atoms with van der Waals surface area (Å²) in [4.78, 5) is 4.11. The van der Waals surface area contributed by atoms with Crippen LogP contribution in [0.4, 0.5) is 0 Å². The molecule has 0 bridgehead atoms. The van der Waals surface area contributed by atoms with Gasteiger partial charge in [0, 0.05) is 23.5 Å². The lowest BCUT2D eigenvalue weighted by atomic mass is 10.1. The number of methoxy groups -OCH3 is 2. The van der Waals surface area contributed by atoms with Crippen LogP contribution in [0.25, 0.3) is 0 Å². The molecule has 4 heteroatoms. The van der Waals surface area contributed by atoms with Gasteiger partial charge in [-0.2, -0.15) is 0 Å². The zero-order valence-electron chi connectivity index (χ0n) is 14.0. The summed E-state index contributed by atoms with van der Waals surface area (Å²) in [6, 6.07) is 11.2. The van der Waals surface area contributed by atoms with E-state index >= 15 is 0 Å². The van der Waals surface area contributed by atoms with E-state index in [2.05, 4.69) is 34.5 Å². The van der Waals surface area contributed by atoms with Gasteiger partial charge in [0.05, 0.1) is 14.2 Å². The van der Waals surface area contributed by atoms with E-state index in [1.807, 2.05) is 17.4 Å². The highest BCUT2D eigenvalue weighted by molar-refractivity contribution is 7.10. The van der Waals surface area contributed by atoms with Gasteiger partial charge >= 0.3 is 0 Å². The SMILES string of the molecule is COc1cc(CN2CCCCC[C@H]2c2cccs2)cc(OC)c1. The lowest BCUT2D eigenvalue weighted by molar-refractivity contribution is 0.195. The second-order valence-corrected chi connectivity index (χ2v) is 7.05. The molecule has 0 spiro atoms. The van der Waals surface area contributed by atoms with Crippen molar-refractivity contribution in [3.63, 3.8) is 0 Å². The first-order valence-corrected chi connectivity index (χ1v) is 9.17. The van der Waals surface area contributed by atoms with Gasteiger partial charge in [0.2, 0.25) is 0 Å². The van der Waals surface area contributed by atoms with Crippen molar-refractivity contribution in [3.8, 4) is 11.5 Å². The van der Waals surface area contributed by atoms with Gasteiger partial charge in [0.15, 0.2) is 0 Å². The molecule has 1 fully saturated rings. The summed E-state index contributed by atoms with van der Waals surface area (Å²) < 4.78 is 10.8. The van der Waals surface area contributed by atoms with Gasteiger partial charge in [0.1, 0.15) is 11.5 Å². The Bertz CT molecular complexity index is 590. The highest BCUT2D eigenvalue weighted by Crippen LogP contribution is 2.34. The van der Waals surface area contributed by atoms with E-state index in [0.717, 1.165) is 24.6 Å². The predicted octanol–water partition coefficient (Wildman–Crippen LogP) is 4.88. The Morgan fingerprint density at radius 1 is 1.09 bits per heavy atom. The highest BCUT2D eigenvalue weighted by Gasteiger charge is 2.23. The van der Waals surface area contributed by atoms with Crippen LogP contribution in [0.3, 0.4) is 0 Å². The standard InChI is InChI=1S/C19H25NO2S/c1-21-16-11-15(12-17(13-16)22-2)14-20-9-5-3-4-7-18(20)19-8-6-10-23-19/h6,8,10-13,18H,3-5,7,9,14H2,1-2H3/t18-/m0/s1. The first-order valence-electron chi connectivity index (χ1n) is 8.29. The maximum absolute atomic E-state index is 5.41. The van der Waals surface area contributed by atoms with Gasteiger partial charge in [-0.1, -0.05) is 18.9 Å². The number of ether oxygens (including phenoxy) is 2. The molecule has 2 heterocycles. The van der Waals surface area contributed by atoms with Crippen molar-refractivity contribution in [1.82, 2.24) is 4.90 Å². The van der Waals surface area contributed by atoms with Crippen LogP contribution in [-0.4, -0.2) is 25.7 Å². The second-order valence-electron chi connectivity index (χ2n) is 6.07. The average molecular weight is 331 g/mol. The summed E-state index contributed by atoms with van der Waals surface area (Å²) in [6.07, 6.45) is 5.19. The van der Waals surface area contributed by atoms with Crippen LogP contribution in [0.5, 0.6) is 11.5 Å². The highest BCUT2D eigenvalue weighted by atomic mass is 32.1. The number of nitrogens with zero attached hydrogens (tertiary/aromatic N) is 1. The molecule has 1 aromatic carbocycles. The summed E-state index contributed by atoms with van der Waals surface area (Å²) in [7, 11) is 3.41. The molecule has 2 aromatic rings. The van der Waals surface area contributed by atoms with E-state index in [1.54, 1.807) is 14.2 Å². The quantitative estimate of drug-likeness (QED) is 0.779. The molecule has 1 aromatic heterocycles. The zero-order valence-corrected chi connectivity index (χ0v) is 14.8. The Kier molecular flexibility index (Phi) is 5.57. The van der Waals surface area contributed by atoms with Crippen molar-refractivity contribution in [2.24, 2.45) is 0 Å². The summed E-state index contributed by atoms with van der Waals surface area (Å²) in [5, 5.41) is 2.19. The molecule has 3 nitrogen and oxygen atoms in total.